The largest absolute Gasteiger partial charge is 0.383 e. The molecule has 1 aliphatic rings. The molecule has 0 bridgehead atoms. The minimum atomic E-state index is 0.394. The second-order valence-electron chi connectivity index (χ2n) is 4.85. The molecule has 1 fully saturated rings. The van der Waals surface area contributed by atoms with Crippen molar-refractivity contribution in [2.24, 2.45) is 0 Å². The van der Waals surface area contributed by atoms with Crippen LogP contribution in [0.2, 0.25) is 0 Å². The normalized spacial score (nSPS) is 18.9. The zero-order valence-electron chi connectivity index (χ0n) is 11.1. The third-order valence-corrected chi connectivity index (χ3v) is 5.85. The summed E-state index contributed by atoms with van der Waals surface area (Å²) in [6, 6.07) is 10.2. The number of aromatic nitrogens is 2. The highest BCUT2D eigenvalue weighted by Crippen LogP contribution is 2.38. The highest BCUT2D eigenvalue weighted by Gasteiger charge is 2.21. The fourth-order valence-corrected chi connectivity index (χ4v) is 4.15. The van der Waals surface area contributed by atoms with Crippen LogP contribution in [0.1, 0.15) is 30.3 Å². The monoisotopic (exact) mass is 397 g/mol. The summed E-state index contributed by atoms with van der Waals surface area (Å²) in [5, 5.41) is 0.394. The first kappa shape index (κ1) is 14.1. The predicted molar refractivity (Wildman–Crippen MR) is 93.6 cm³/mol. The average molecular weight is 397 g/mol. The number of anilines is 1. The van der Waals surface area contributed by atoms with Crippen molar-refractivity contribution >= 4 is 40.2 Å². The maximum absolute atomic E-state index is 6.10. The Balaban J connectivity index is 2.03. The first-order valence-corrected chi connectivity index (χ1v) is 8.88. The van der Waals surface area contributed by atoms with E-state index >= 15 is 0 Å². The molecule has 2 aromatic rings. The minimum Gasteiger partial charge on any atom is -0.383 e. The molecular weight excluding hydrogens is 381 g/mol. The van der Waals surface area contributed by atoms with Crippen molar-refractivity contribution < 1.29 is 0 Å². The topological polar surface area (TPSA) is 51.8 Å². The quantitative estimate of drug-likeness (QED) is 0.769. The minimum absolute atomic E-state index is 0.394. The molecule has 0 radical (unpaired) electrons. The smallest absolute Gasteiger partial charge is 0.144 e. The van der Waals surface area contributed by atoms with E-state index in [4.69, 9.17) is 10.7 Å². The Kier molecular flexibility index (Phi) is 4.45. The second-order valence-corrected chi connectivity index (χ2v) is 7.24. The molecule has 3 nitrogen and oxygen atoms in total. The number of nitrogens with zero attached hydrogens (tertiary/aromatic N) is 2. The van der Waals surface area contributed by atoms with E-state index < -0.39 is 0 Å². The molecule has 1 aromatic carbocycles. The van der Waals surface area contributed by atoms with Crippen LogP contribution in [0.5, 0.6) is 0 Å². The summed E-state index contributed by atoms with van der Waals surface area (Å²) < 4.78 is 0.943. The Labute approximate surface area is 136 Å². The number of rotatable bonds is 2. The lowest BCUT2D eigenvalue weighted by Crippen LogP contribution is -2.10. The van der Waals surface area contributed by atoms with Crippen LogP contribution in [0, 0.1) is 3.57 Å². The third kappa shape index (κ3) is 2.93. The number of hydrogen-bond donors (Lipinski definition) is 1. The predicted octanol–water partition coefficient (Wildman–Crippen LogP) is 4.29. The van der Waals surface area contributed by atoms with Crippen LogP contribution in [0.4, 0.5) is 5.82 Å². The van der Waals surface area contributed by atoms with Gasteiger partial charge in [0.05, 0.1) is 14.5 Å². The van der Waals surface area contributed by atoms with Crippen LogP contribution in [0.3, 0.4) is 0 Å². The first-order chi connectivity index (χ1) is 9.75. The maximum atomic E-state index is 6.10. The Hall–Kier alpha value is -0.820. The standard InChI is InChI=1S/C15H16IN3S/c16-12-13(10-6-2-1-3-7-10)18-15(19-14(12)17)11-8-4-5-9-20-11/h1-3,6-7,11H,4-5,8-9H2,(H2,17,18,19). The molecule has 1 atom stereocenters. The van der Waals surface area contributed by atoms with Gasteiger partial charge >= 0.3 is 0 Å². The Morgan fingerprint density at radius 2 is 1.95 bits per heavy atom. The van der Waals surface area contributed by atoms with Crippen LogP contribution >= 0.6 is 34.4 Å². The SMILES string of the molecule is Nc1nc(C2CCCCS2)nc(-c2ccccc2)c1I. The van der Waals surface area contributed by atoms with Crippen molar-refractivity contribution in [1.82, 2.24) is 9.97 Å². The molecule has 3 rings (SSSR count). The van der Waals surface area contributed by atoms with Crippen LogP contribution in [0.25, 0.3) is 11.3 Å². The summed E-state index contributed by atoms with van der Waals surface area (Å²) in [6.45, 7) is 0. The van der Waals surface area contributed by atoms with E-state index in [1.54, 1.807) is 0 Å². The molecule has 0 saturated carbocycles. The molecular formula is C15H16IN3S. The van der Waals surface area contributed by atoms with Crippen molar-refractivity contribution in [3.8, 4) is 11.3 Å². The van der Waals surface area contributed by atoms with Gasteiger partial charge in [0.2, 0.25) is 0 Å². The van der Waals surface area contributed by atoms with E-state index in [0.717, 1.165) is 27.1 Å². The number of nitrogen functional groups attached to an aromatic ring is 1. The average Bonchev–Trinajstić information content (AvgIpc) is 2.51. The van der Waals surface area contributed by atoms with E-state index in [2.05, 4.69) is 39.7 Å². The van der Waals surface area contributed by atoms with Crippen molar-refractivity contribution in [1.29, 1.82) is 0 Å². The molecule has 0 amide bonds. The van der Waals surface area contributed by atoms with Crippen molar-refractivity contribution in [2.75, 3.05) is 11.5 Å². The number of halogens is 1. The van der Waals surface area contributed by atoms with Gasteiger partial charge in [-0.2, -0.15) is 11.8 Å². The van der Waals surface area contributed by atoms with Gasteiger partial charge in [-0.05, 0) is 41.2 Å². The first-order valence-electron chi connectivity index (χ1n) is 6.75. The summed E-state index contributed by atoms with van der Waals surface area (Å²) in [7, 11) is 0. The number of hydrogen-bond acceptors (Lipinski definition) is 4. The van der Waals surface area contributed by atoms with Gasteiger partial charge in [0.15, 0.2) is 0 Å². The molecule has 5 heteroatoms. The van der Waals surface area contributed by atoms with Gasteiger partial charge in [-0.25, -0.2) is 9.97 Å². The molecule has 0 spiro atoms. The number of nitrogens with two attached hydrogens (primary N) is 1. The summed E-state index contributed by atoms with van der Waals surface area (Å²) in [5.41, 5.74) is 8.16. The highest BCUT2D eigenvalue weighted by molar-refractivity contribution is 14.1. The molecule has 1 aliphatic heterocycles. The molecule has 0 aliphatic carbocycles. The molecule has 1 saturated heterocycles. The lowest BCUT2D eigenvalue weighted by molar-refractivity contribution is 0.663. The van der Waals surface area contributed by atoms with Crippen molar-refractivity contribution in [2.45, 2.75) is 24.5 Å². The van der Waals surface area contributed by atoms with Crippen molar-refractivity contribution in [3.63, 3.8) is 0 Å². The van der Waals surface area contributed by atoms with Crippen LogP contribution in [-0.4, -0.2) is 15.7 Å². The fourth-order valence-electron chi connectivity index (χ4n) is 2.36. The molecule has 2 heterocycles. The highest BCUT2D eigenvalue weighted by atomic mass is 127. The number of benzene rings is 1. The zero-order chi connectivity index (χ0) is 13.9. The Morgan fingerprint density at radius 1 is 1.15 bits per heavy atom. The van der Waals surface area contributed by atoms with E-state index in [9.17, 15) is 0 Å². The Bertz CT molecular complexity index is 598. The summed E-state index contributed by atoms with van der Waals surface area (Å²) in [4.78, 5) is 9.33. The van der Waals surface area contributed by atoms with Gasteiger partial charge < -0.3 is 5.73 Å². The van der Waals surface area contributed by atoms with E-state index in [1.165, 1.54) is 18.6 Å². The van der Waals surface area contributed by atoms with Crippen LogP contribution in [0.15, 0.2) is 30.3 Å². The van der Waals surface area contributed by atoms with E-state index in [-0.39, 0.29) is 0 Å². The van der Waals surface area contributed by atoms with Gasteiger partial charge in [0.1, 0.15) is 11.6 Å². The molecule has 2 N–H and O–H groups in total. The number of thioether (sulfide) groups is 1. The lowest BCUT2D eigenvalue weighted by Gasteiger charge is -2.21. The summed E-state index contributed by atoms with van der Waals surface area (Å²) >= 11 is 4.19. The van der Waals surface area contributed by atoms with Gasteiger partial charge in [0, 0.05) is 5.56 Å². The van der Waals surface area contributed by atoms with Crippen LogP contribution in [-0.2, 0) is 0 Å². The van der Waals surface area contributed by atoms with Gasteiger partial charge in [0.25, 0.3) is 0 Å². The maximum Gasteiger partial charge on any atom is 0.144 e. The van der Waals surface area contributed by atoms with Crippen LogP contribution < -0.4 is 5.73 Å². The molecule has 1 aromatic heterocycles. The Morgan fingerprint density at radius 3 is 2.65 bits per heavy atom. The fraction of sp³-hybridized carbons (Fsp3) is 0.333. The van der Waals surface area contributed by atoms with Gasteiger partial charge in [-0.1, -0.05) is 36.8 Å². The van der Waals surface area contributed by atoms with E-state index in [1.807, 2.05) is 30.0 Å². The zero-order valence-corrected chi connectivity index (χ0v) is 14.0. The second kappa shape index (κ2) is 6.30. The summed E-state index contributed by atoms with van der Waals surface area (Å²) in [6.07, 6.45) is 3.71. The third-order valence-electron chi connectivity index (χ3n) is 3.41. The van der Waals surface area contributed by atoms with Crippen molar-refractivity contribution in [3.05, 3.63) is 39.7 Å². The molecule has 104 valence electrons. The summed E-state index contributed by atoms with van der Waals surface area (Å²) in [5.74, 6) is 2.69. The molecule has 20 heavy (non-hydrogen) atoms. The van der Waals surface area contributed by atoms with Gasteiger partial charge in [-0.15, -0.1) is 0 Å². The lowest BCUT2D eigenvalue weighted by atomic mass is 10.1. The molecule has 1 unspecified atom stereocenters. The van der Waals surface area contributed by atoms with Gasteiger partial charge in [-0.3, -0.25) is 0 Å². The van der Waals surface area contributed by atoms with E-state index in [0.29, 0.717) is 11.1 Å².